The van der Waals surface area contributed by atoms with Gasteiger partial charge in [-0.25, -0.2) is 9.59 Å². The van der Waals surface area contributed by atoms with Crippen LogP contribution in [0.15, 0.2) is 24.3 Å². The number of rotatable bonds is 6. The number of amides is 2. The lowest BCUT2D eigenvalue weighted by Crippen LogP contribution is -2.37. The molecular weight excluding hydrogens is 390 g/mol. The van der Waals surface area contributed by atoms with Crippen molar-refractivity contribution in [3.05, 3.63) is 41.1 Å². The van der Waals surface area contributed by atoms with Crippen molar-refractivity contribution in [3.63, 3.8) is 0 Å². The van der Waals surface area contributed by atoms with Crippen LogP contribution in [0.5, 0.6) is 0 Å². The van der Waals surface area contributed by atoms with Crippen LogP contribution in [0.4, 0.5) is 9.59 Å². The Morgan fingerprint density at radius 3 is 2.00 bits per heavy atom. The first-order valence-corrected chi connectivity index (χ1v) is 10.4. The molecule has 2 amide bonds. The highest BCUT2D eigenvalue weighted by atomic mass is 32.1. The SMILES string of the molecule is Cc1c(CN(C(=O)O)C(C)C)c(CN(C(=O)O)C(C)C)c2sc3ccccc3n12. The van der Waals surface area contributed by atoms with E-state index in [0.717, 1.165) is 31.9 Å². The lowest BCUT2D eigenvalue weighted by Gasteiger charge is -2.26. The Bertz CT molecular complexity index is 1070. The van der Waals surface area contributed by atoms with Gasteiger partial charge in [-0.05, 0) is 52.3 Å². The van der Waals surface area contributed by atoms with E-state index in [0.29, 0.717) is 0 Å². The Kier molecular flexibility index (Phi) is 5.75. The van der Waals surface area contributed by atoms with Gasteiger partial charge in [-0.2, -0.15) is 0 Å². The van der Waals surface area contributed by atoms with Gasteiger partial charge < -0.3 is 24.4 Å². The summed E-state index contributed by atoms with van der Waals surface area (Å²) in [6.45, 7) is 9.79. The van der Waals surface area contributed by atoms with Gasteiger partial charge in [-0.3, -0.25) is 0 Å². The van der Waals surface area contributed by atoms with E-state index in [-0.39, 0.29) is 25.2 Å². The minimum absolute atomic E-state index is 0.185. The summed E-state index contributed by atoms with van der Waals surface area (Å²) in [4.78, 5) is 27.4. The van der Waals surface area contributed by atoms with Crippen molar-refractivity contribution >= 4 is 38.6 Å². The minimum Gasteiger partial charge on any atom is -0.465 e. The van der Waals surface area contributed by atoms with Crippen LogP contribution in [0.1, 0.15) is 44.5 Å². The van der Waals surface area contributed by atoms with Gasteiger partial charge in [0.1, 0.15) is 4.83 Å². The fourth-order valence-corrected chi connectivity index (χ4v) is 4.91. The molecule has 2 aromatic heterocycles. The zero-order valence-corrected chi connectivity index (χ0v) is 18.2. The van der Waals surface area contributed by atoms with E-state index in [1.54, 1.807) is 11.3 Å². The molecular formula is C21H27N3O4S. The van der Waals surface area contributed by atoms with Crippen LogP contribution in [-0.2, 0) is 13.1 Å². The first-order chi connectivity index (χ1) is 13.6. The van der Waals surface area contributed by atoms with E-state index in [2.05, 4.69) is 4.40 Å². The van der Waals surface area contributed by atoms with Crippen LogP contribution in [0, 0.1) is 6.92 Å². The van der Waals surface area contributed by atoms with Gasteiger partial charge in [0.25, 0.3) is 0 Å². The molecule has 0 atom stereocenters. The molecule has 0 aliphatic heterocycles. The van der Waals surface area contributed by atoms with Crippen molar-refractivity contribution in [3.8, 4) is 0 Å². The average Bonchev–Trinajstić information content (AvgIpc) is 3.12. The monoisotopic (exact) mass is 417 g/mol. The quantitative estimate of drug-likeness (QED) is 0.574. The summed E-state index contributed by atoms with van der Waals surface area (Å²) in [6, 6.07) is 7.67. The molecule has 0 aliphatic rings. The number of aromatic nitrogens is 1. The lowest BCUT2D eigenvalue weighted by molar-refractivity contribution is 0.124. The van der Waals surface area contributed by atoms with Crippen LogP contribution in [0.2, 0.25) is 0 Å². The molecule has 0 saturated heterocycles. The molecule has 0 fully saturated rings. The molecule has 156 valence electrons. The van der Waals surface area contributed by atoms with Crippen molar-refractivity contribution < 1.29 is 19.8 Å². The van der Waals surface area contributed by atoms with Crippen LogP contribution in [0.3, 0.4) is 0 Å². The van der Waals surface area contributed by atoms with Gasteiger partial charge in [0.15, 0.2) is 0 Å². The Morgan fingerprint density at radius 1 is 0.966 bits per heavy atom. The van der Waals surface area contributed by atoms with Gasteiger partial charge >= 0.3 is 12.2 Å². The lowest BCUT2D eigenvalue weighted by atomic mass is 10.1. The topological polar surface area (TPSA) is 85.5 Å². The van der Waals surface area contributed by atoms with Crippen LogP contribution >= 0.6 is 11.3 Å². The van der Waals surface area contributed by atoms with E-state index in [1.165, 1.54) is 9.80 Å². The summed E-state index contributed by atoms with van der Waals surface area (Å²) in [6.07, 6.45) is -1.97. The highest BCUT2D eigenvalue weighted by Gasteiger charge is 2.27. The molecule has 2 N–H and O–H groups in total. The third-order valence-electron chi connectivity index (χ3n) is 5.31. The van der Waals surface area contributed by atoms with Crippen LogP contribution in [0.25, 0.3) is 15.0 Å². The largest absolute Gasteiger partial charge is 0.465 e. The van der Waals surface area contributed by atoms with Crippen molar-refractivity contribution in [1.82, 2.24) is 14.2 Å². The number of hydrogen-bond donors (Lipinski definition) is 2. The fourth-order valence-electron chi connectivity index (χ4n) is 3.66. The number of thiazole rings is 1. The molecule has 0 radical (unpaired) electrons. The van der Waals surface area contributed by atoms with Gasteiger partial charge in [0, 0.05) is 23.3 Å². The highest BCUT2D eigenvalue weighted by Crippen LogP contribution is 2.36. The number of carbonyl (C=O) groups is 2. The molecule has 0 unspecified atom stereocenters. The molecule has 1 aromatic carbocycles. The van der Waals surface area contributed by atoms with E-state index in [9.17, 15) is 19.8 Å². The third-order valence-corrected chi connectivity index (χ3v) is 6.49. The van der Waals surface area contributed by atoms with Gasteiger partial charge in [-0.15, -0.1) is 11.3 Å². The predicted molar refractivity (Wildman–Crippen MR) is 115 cm³/mol. The molecule has 0 saturated carbocycles. The molecule has 7 nitrogen and oxygen atoms in total. The maximum atomic E-state index is 11.8. The second kappa shape index (κ2) is 7.94. The third kappa shape index (κ3) is 3.76. The standard InChI is InChI=1S/C21H27N3O4S/c1-12(2)22(20(25)26)10-15-14(5)24-17-8-6-7-9-18(17)29-19(24)16(15)11-23(13(3)4)21(27)28/h6-9,12-13H,10-11H2,1-5H3,(H,25,26)(H,27,28). The number of carboxylic acid groups (broad SMARTS) is 2. The fraction of sp³-hybridized carbons (Fsp3) is 0.429. The smallest absolute Gasteiger partial charge is 0.407 e. The van der Waals surface area contributed by atoms with Crippen molar-refractivity contribution in [2.24, 2.45) is 0 Å². The van der Waals surface area contributed by atoms with E-state index in [1.807, 2.05) is 58.9 Å². The second-order valence-electron chi connectivity index (χ2n) is 7.76. The van der Waals surface area contributed by atoms with Gasteiger partial charge in [0.05, 0.1) is 23.3 Å². The zero-order valence-electron chi connectivity index (χ0n) is 17.3. The summed E-state index contributed by atoms with van der Waals surface area (Å²) < 4.78 is 3.24. The Hall–Kier alpha value is -2.74. The van der Waals surface area contributed by atoms with Gasteiger partial charge in [-0.1, -0.05) is 12.1 Å². The molecule has 0 spiro atoms. The highest BCUT2D eigenvalue weighted by molar-refractivity contribution is 7.24. The second-order valence-corrected chi connectivity index (χ2v) is 8.79. The molecule has 3 aromatic rings. The van der Waals surface area contributed by atoms with Crippen molar-refractivity contribution in [2.75, 3.05) is 0 Å². The van der Waals surface area contributed by atoms with Crippen molar-refractivity contribution in [2.45, 2.75) is 59.8 Å². The Balaban J connectivity index is 2.23. The number of hydrogen-bond acceptors (Lipinski definition) is 3. The van der Waals surface area contributed by atoms with Crippen LogP contribution in [-0.4, -0.2) is 48.7 Å². The summed E-state index contributed by atoms with van der Waals surface area (Å²) in [5, 5.41) is 19.4. The minimum atomic E-state index is -0.983. The number of nitrogens with zero attached hydrogens (tertiary/aromatic N) is 3. The number of benzene rings is 1. The Morgan fingerprint density at radius 2 is 1.48 bits per heavy atom. The van der Waals surface area contributed by atoms with Gasteiger partial charge in [0.2, 0.25) is 0 Å². The summed E-state index contributed by atoms with van der Waals surface area (Å²) in [5.74, 6) is 0. The zero-order chi connectivity index (χ0) is 21.5. The first kappa shape index (κ1) is 21.0. The molecule has 8 heteroatoms. The van der Waals surface area contributed by atoms with E-state index >= 15 is 0 Å². The summed E-state index contributed by atoms with van der Waals surface area (Å²) in [7, 11) is 0. The van der Waals surface area contributed by atoms with Crippen molar-refractivity contribution in [1.29, 1.82) is 0 Å². The summed E-state index contributed by atoms with van der Waals surface area (Å²) in [5.41, 5.74) is 3.76. The van der Waals surface area contributed by atoms with E-state index < -0.39 is 12.2 Å². The number of para-hydroxylation sites is 1. The average molecular weight is 418 g/mol. The molecule has 0 aliphatic carbocycles. The predicted octanol–water partition coefficient (Wildman–Crippen LogP) is 5.24. The molecule has 29 heavy (non-hydrogen) atoms. The normalized spacial score (nSPS) is 11.7. The maximum Gasteiger partial charge on any atom is 0.407 e. The maximum absolute atomic E-state index is 11.8. The van der Waals surface area contributed by atoms with Crippen LogP contribution < -0.4 is 0 Å². The summed E-state index contributed by atoms with van der Waals surface area (Å²) >= 11 is 1.61. The molecule has 0 bridgehead atoms. The first-order valence-electron chi connectivity index (χ1n) is 9.62. The number of aryl methyl sites for hydroxylation is 1. The Labute approximate surface area is 173 Å². The molecule has 2 heterocycles. The molecule has 3 rings (SSSR count). The van der Waals surface area contributed by atoms with E-state index in [4.69, 9.17) is 0 Å². The number of fused-ring (bicyclic) bond motifs is 3.